The molecule has 0 saturated carbocycles. The molecule has 0 radical (unpaired) electrons. The van der Waals surface area contributed by atoms with Crippen LogP contribution in [0.4, 0.5) is 0 Å². The highest BCUT2D eigenvalue weighted by Crippen LogP contribution is 2.27. The summed E-state index contributed by atoms with van der Waals surface area (Å²) in [5, 5.41) is 4.61. The minimum absolute atomic E-state index is 0.671. The largest absolute Gasteiger partial charge is 0.381 e. The van der Waals surface area contributed by atoms with E-state index < -0.39 is 0 Å². The SMILES string of the molecule is CCNC(=NCCCOCC1CCOCC1)N(C)Cc1nc2c(s1)CCCC2. The van der Waals surface area contributed by atoms with E-state index in [0.29, 0.717) is 5.92 Å². The van der Waals surface area contributed by atoms with Gasteiger partial charge in [0.15, 0.2) is 5.96 Å². The Morgan fingerprint density at radius 1 is 1.32 bits per heavy atom. The number of aliphatic imine (C=N–C) groups is 1. The first-order valence-corrected chi connectivity index (χ1v) is 11.7. The van der Waals surface area contributed by atoms with Gasteiger partial charge in [-0.3, -0.25) is 4.99 Å². The standard InChI is InChI=1S/C21H36N4O2S/c1-3-22-21(23-11-6-12-27-16-17-9-13-26-14-10-17)25(2)15-20-24-18-7-4-5-8-19(18)28-20/h17H,3-16H2,1-2H3,(H,22,23). The highest BCUT2D eigenvalue weighted by molar-refractivity contribution is 7.11. The predicted molar refractivity (Wildman–Crippen MR) is 115 cm³/mol. The van der Waals surface area contributed by atoms with Gasteiger partial charge in [-0.05, 0) is 57.8 Å². The van der Waals surface area contributed by atoms with Gasteiger partial charge in [0.1, 0.15) is 5.01 Å². The predicted octanol–water partition coefficient (Wildman–Crippen LogP) is 3.25. The molecule has 1 aliphatic carbocycles. The van der Waals surface area contributed by atoms with Gasteiger partial charge in [0.2, 0.25) is 0 Å². The molecule has 1 fully saturated rings. The summed E-state index contributed by atoms with van der Waals surface area (Å²) < 4.78 is 11.2. The number of rotatable bonds is 9. The molecule has 1 aliphatic heterocycles. The first kappa shape index (κ1) is 21.5. The Kier molecular flexibility index (Phi) is 9.02. The third-order valence-corrected chi connectivity index (χ3v) is 6.50. The molecule has 0 bridgehead atoms. The van der Waals surface area contributed by atoms with Crippen LogP contribution in [0.25, 0.3) is 0 Å². The number of thiazole rings is 1. The molecule has 0 atom stereocenters. The normalized spacial score (nSPS) is 18.1. The second-order valence-electron chi connectivity index (χ2n) is 7.76. The van der Waals surface area contributed by atoms with Crippen molar-refractivity contribution in [2.45, 2.75) is 58.4 Å². The molecule has 1 saturated heterocycles. The topological polar surface area (TPSA) is 59.0 Å². The number of hydrogen-bond donors (Lipinski definition) is 1. The first-order chi connectivity index (χ1) is 13.8. The van der Waals surface area contributed by atoms with E-state index in [9.17, 15) is 0 Å². The molecule has 0 unspecified atom stereocenters. The summed E-state index contributed by atoms with van der Waals surface area (Å²) in [4.78, 5) is 13.3. The Labute approximate surface area is 173 Å². The van der Waals surface area contributed by atoms with Crippen molar-refractivity contribution >= 4 is 17.3 Å². The summed E-state index contributed by atoms with van der Waals surface area (Å²) in [6.07, 6.45) is 8.17. The van der Waals surface area contributed by atoms with E-state index in [1.54, 1.807) is 0 Å². The Balaban J connectivity index is 1.40. The van der Waals surface area contributed by atoms with Crippen LogP contribution in [0.1, 0.15) is 54.6 Å². The van der Waals surface area contributed by atoms with Crippen LogP contribution in [-0.4, -0.2) is 62.4 Å². The minimum atomic E-state index is 0.671. The molecule has 28 heavy (non-hydrogen) atoms. The maximum atomic E-state index is 5.85. The molecule has 1 aromatic heterocycles. The van der Waals surface area contributed by atoms with E-state index in [2.05, 4.69) is 24.2 Å². The number of aryl methyl sites for hydroxylation is 2. The molecular formula is C21H36N4O2S. The smallest absolute Gasteiger partial charge is 0.194 e. The molecule has 2 heterocycles. The van der Waals surface area contributed by atoms with Gasteiger partial charge in [0.05, 0.1) is 12.2 Å². The van der Waals surface area contributed by atoms with Gasteiger partial charge >= 0.3 is 0 Å². The number of ether oxygens (including phenoxy) is 2. The number of hydrogen-bond acceptors (Lipinski definition) is 5. The van der Waals surface area contributed by atoms with Gasteiger partial charge in [-0.25, -0.2) is 4.98 Å². The lowest BCUT2D eigenvalue weighted by Gasteiger charge is -2.22. The Bertz CT molecular complexity index is 590. The highest BCUT2D eigenvalue weighted by Gasteiger charge is 2.17. The highest BCUT2D eigenvalue weighted by atomic mass is 32.1. The van der Waals surface area contributed by atoms with Crippen LogP contribution in [0.5, 0.6) is 0 Å². The molecule has 0 aromatic carbocycles. The van der Waals surface area contributed by atoms with Crippen molar-refractivity contribution in [1.29, 1.82) is 0 Å². The summed E-state index contributed by atoms with van der Waals surface area (Å²) in [5.74, 6) is 1.63. The maximum Gasteiger partial charge on any atom is 0.194 e. The summed E-state index contributed by atoms with van der Waals surface area (Å²) in [6, 6.07) is 0. The van der Waals surface area contributed by atoms with E-state index >= 15 is 0 Å². The Hall–Kier alpha value is -1.18. The number of nitrogens with one attached hydrogen (secondary N) is 1. The number of aromatic nitrogens is 1. The van der Waals surface area contributed by atoms with Gasteiger partial charge in [0.25, 0.3) is 0 Å². The van der Waals surface area contributed by atoms with Crippen molar-refractivity contribution in [1.82, 2.24) is 15.2 Å². The van der Waals surface area contributed by atoms with E-state index in [-0.39, 0.29) is 0 Å². The van der Waals surface area contributed by atoms with Crippen LogP contribution in [0.15, 0.2) is 4.99 Å². The zero-order valence-electron chi connectivity index (χ0n) is 17.5. The summed E-state index contributed by atoms with van der Waals surface area (Å²) in [7, 11) is 2.10. The van der Waals surface area contributed by atoms with Crippen molar-refractivity contribution in [3.63, 3.8) is 0 Å². The lowest BCUT2D eigenvalue weighted by Crippen LogP contribution is -2.38. The zero-order chi connectivity index (χ0) is 19.6. The molecule has 3 rings (SSSR count). The van der Waals surface area contributed by atoms with Crippen molar-refractivity contribution in [2.24, 2.45) is 10.9 Å². The molecule has 7 heteroatoms. The van der Waals surface area contributed by atoms with E-state index in [1.165, 1.54) is 34.8 Å². The fourth-order valence-electron chi connectivity index (χ4n) is 3.74. The van der Waals surface area contributed by atoms with Crippen LogP contribution in [-0.2, 0) is 28.9 Å². The molecule has 1 aromatic rings. The molecule has 6 nitrogen and oxygen atoms in total. The first-order valence-electron chi connectivity index (χ1n) is 10.9. The molecule has 0 spiro atoms. The van der Waals surface area contributed by atoms with E-state index in [1.807, 2.05) is 11.3 Å². The fraction of sp³-hybridized carbons (Fsp3) is 0.810. The second kappa shape index (κ2) is 11.7. The number of guanidine groups is 1. The summed E-state index contributed by atoms with van der Waals surface area (Å²) in [5.41, 5.74) is 1.34. The van der Waals surface area contributed by atoms with Gasteiger partial charge in [-0.1, -0.05) is 0 Å². The number of nitrogens with zero attached hydrogens (tertiary/aromatic N) is 3. The van der Waals surface area contributed by atoms with Crippen molar-refractivity contribution in [3.8, 4) is 0 Å². The third-order valence-electron chi connectivity index (χ3n) is 5.36. The Morgan fingerprint density at radius 3 is 2.93 bits per heavy atom. The number of fused-ring (bicyclic) bond motifs is 1. The van der Waals surface area contributed by atoms with Gasteiger partial charge < -0.3 is 19.7 Å². The zero-order valence-corrected chi connectivity index (χ0v) is 18.4. The monoisotopic (exact) mass is 408 g/mol. The lowest BCUT2D eigenvalue weighted by molar-refractivity contribution is 0.0205. The average Bonchev–Trinajstić information content (AvgIpc) is 3.12. The molecule has 2 aliphatic rings. The van der Waals surface area contributed by atoms with E-state index in [4.69, 9.17) is 19.5 Å². The quantitative estimate of drug-likeness (QED) is 0.386. The van der Waals surface area contributed by atoms with Crippen molar-refractivity contribution in [2.75, 3.05) is 46.6 Å². The van der Waals surface area contributed by atoms with Crippen LogP contribution in [0.3, 0.4) is 0 Å². The van der Waals surface area contributed by atoms with Crippen LogP contribution >= 0.6 is 11.3 Å². The summed E-state index contributed by atoms with van der Waals surface area (Å²) in [6.45, 7) is 8.02. The van der Waals surface area contributed by atoms with Gasteiger partial charge in [0, 0.05) is 51.4 Å². The Morgan fingerprint density at radius 2 is 2.14 bits per heavy atom. The van der Waals surface area contributed by atoms with Crippen LogP contribution < -0.4 is 5.32 Å². The van der Waals surface area contributed by atoms with Crippen molar-refractivity contribution < 1.29 is 9.47 Å². The fourth-order valence-corrected chi connectivity index (χ4v) is 4.95. The molecule has 0 amide bonds. The minimum Gasteiger partial charge on any atom is -0.381 e. The second-order valence-corrected chi connectivity index (χ2v) is 8.93. The average molecular weight is 409 g/mol. The van der Waals surface area contributed by atoms with Crippen LogP contribution in [0, 0.1) is 5.92 Å². The van der Waals surface area contributed by atoms with E-state index in [0.717, 1.165) is 77.7 Å². The van der Waals surface area contributed by atoms with Gasteiger partial charge in [-0.15, -0.1) is 11.3 Å². The maximum absolute atomic E-state index is 5.85. The summed E-state index contributed by atoms with van der Waals surface area (Å²) >= 11 is 1.88. The lowest BCUT2D eigenvalue weighted by atomic mass is 10.0. The molecule has 1 N–H and O–H groups in total. The van der Waals surface area contributed by atoms with Gasteiger partial charge in [-0.2, -0.15) is 0 Å². The third kappa shape index (κ3) is 6.71. The van der Waals surface area contributed by atoms with Crippen molar-refractivity contribution in [3.05, 3.63) is 15.6 Å². The molecule has 158 valence electrons. The van der Waals surface area contributed by atoms with Crippen LogP contribution in [0.2, 0.25) is 0 Å². The molecular weight excluding hydrogens is 372 g/mol.